The first kappa shape index (κ1) is 22.2. The van der Waals surface area contributed by atoms with E-state index in [1.54, 1.807) is 31.3 Å². The zero-order chi connectivity index (χ0) is 21.7. The Bertz CT molecular complexity index is 1010. The highest BCUT2D eigenvalue weighted by atomic mass is 35.5. The number of nitrogens with zero attached hydrogens (tertiary/aromatic N) is 2. The highest BCUT2D eigenvalue weighted by Crippen LogP contribution is 2.38. The number of rotatable bonds is 8. The summed E-state index contributed by atoms with van der Waals surface area (Å²) in [6, 6.07) is 14.0. The lowest BCUT2D eigenvalue weighted by Gasteiger charge is -2.15. The van der Waals surface area contributed by atoms with Gasteiger partial charge in [-0.05, 0) is 57.3 Å². The molecule has 0 fully saturated rings. The molecular weight excluding hydrogens is 406 g/mol. The molecule has 0 unspecified atom stereocenters. The van der Waals surface area contributed by atoms with Gasteiger partial charge >= 0.3 is 0 Å². The van der Waals surface area contributed by atoms with Gasteiger partial charge in [-0.25, -0.2) is 8.78 Å². The van der Waals surface area contributed by atoms with Crippen molar-refractivity contribution >= 4 is 11.6 Å². The first-order valence-electron chi connectivity index (χ1n) is 9.78. The highest BCUT2D eigenvalue weighted by molar-refractivity contribution is 6.32. The van der Waals surface area contributed by atoms with Gasteiger partial charge in [0.25, 0.3) is 6.43 Å². The van der Waals surface area contributed by atoms with Crippen LogP contribution in [-0.2, 0) is 0 Å². The number of ether oxygens (including phenoxy) is 1. The van der Waals surface area contributed by atoms with E-state index in [1.807, 2.05) is 38.4 Å². The fourth-order valence-corrected chi connectivity index (χ4v) is 3.46. The van der Waals surface area contributed by atoms with E-state index in [9.17, 15) is 8.78 Å². The molecule has 0 radical (unpaired) electrons. The Balaban J connectivity index is 1.98. The van der Waals surface area contributed by atoms with Crippen LogP contribution >= 0.6 is 11.6 Å². The predicted molar refractivity (Wildman–Crippen MR) is 118 cm³/mol. The van der Waals surface area contributed by atoms with Gasteiger partial charge in [0.2, 0.25) is 0 Å². The predicted octanol–water partition coefficient (Wildman–Crippen LogP) is 6.65. The molecule has 0 aliphatic rings. The molecule has 0 amide bonds. The number of aryl methyl sites for hydroxylation is 1. The first-order chi connectivity index (χ1) is 14.4. The standard InChI is InChI=1S/C24H25ClF2N2O/c1-16-7-9-18(20(14-16)24(26)27)19-6-4-11-28-23(19)17-8-10-21(25)22(15-17)30-13-5-12-29(2)3/h4,6-11,14-15,24H,5,12-13H2,1-3H3. The second kappa shape index (κ2) is 10.0. The Labute approximate surface area is 181 Å². The Kier molecular flexibility index (Phi) is 7.40. The molecule has 0 spiro atoms. The van der Waals surface area contributed by atoms with Gasteiger partial charge in [0, 0.05) is 29.4 Å². The molecule has 158 valence electrons. The van der Waals surface area contributed by atoms with Crippen LogP contribution < -0.4 is 4.74 Å². The minimum Gasteiger partial charge on any atom is -0.492 e. The third-order valence-corrected chi connectivity index (χ3v) is 5.06. The Hall–Kier alpha value is -2.50. The molecule has 30 heavy (non-hydrogen) atoms. The van der Waals surface area contributed by atoms with Crippen molar-refractivity contribution < 1.29 is 13.5 Å². The topological polar surface area (TPSA) is 25.4 Å². The lowest BCUT2D eigenvalue weighted by Crippen LogP contribution is -2.15. The SMILES string of the molecule is Cc1ccc(-c2cccnc2-c2ccc(Cl)c(OCCCN(C)C)c2)c(C(F)F)c1. The number of hydrogen-bond donors (Lipinski definition) is 0. The second-order valence-electron chi connectivity index (χ2n) is 7.44. The summed E-state index contributed by atoms with van der Waals surface area (Å²) in [7, 11) is 4.02. The molecule has 0 saturated heterocycles. The molecule has 0 atom stereocenters. The molecule has 0 bridgehead atoms. The fraction of sp³-hybridized carbons (Fsp3) is 0.292. The summed E-state index contributed by atoms with van der Waals surface area (Å²) in [5, 5.41) is 0.504. The maximum atomic E-state index is 13.7. The Morgan fingerprint density at radius 1 is 1.07 bits per heavy atom. The number of benzene rings is 2. The number of aromatic nitrogens is 1. The van der Waals surface area contributed by atoms with Crippen LogP contribution in [0, 0.1) is 6.92 Å². The van der Waals surface area contributed by atoms with Crippen molar-refractivity contribution in [3.63, 3.8) is 0 Å². The molecular formula is C24H25ClF2N2O. The second-order valence-corrected chi connectivity index (χ2v) is 7.85. The van der Waals surface area contributed by atoms with Gasteiger partial charge in [-0.1, -0.05) is 41.4 Å². The summed E-state index contributed by atoms with van der Waals surface area (Å²) in [4.78, 5) is 6.58. The number of pyridine rings is 1. The fourth-order valence-electron chi connectivity index (χ4n) is 3.28. The zero-order valence-electron chi connectivity index (χ0n) is 17.3. The van der Waals surface area contributed by atoms with Crippen molar-refractivity contribution in [3.8, 4) is 28.1 Å². The molecule has 3 aromatic rings. The van der Waals surface area contributed by atoms with Crippen LogP contribution in [0.2, 0.25) is 5.02 Å². The molecule has 0 aliphatic carbocycles. The normalized spacial score (nSPS) is 11.3. The van der Waals surface area contributed by atoms with E-state index in [0.29, 0.717) is 34.2 Å². The van der Waals surface area contributed by atoms with E-state index >= 15 is 0 Å². The van der Waals surface area contributed by atoms with E-state index < -0.39 is 6.43 Å². The molecule has 3 nitrogen and oxygen atoms in total. The van der Waals surface area contributed by atoms with Crippen LogP contribution in [-0.4, -0.2) is 37.1 Å². The third kappa shape index (κ3) is 5.35. The maximum absolute atomic E-state index is 13.7. The maximum Gasteiger partial charge on any atom is 0.264 e. The Morgan fingerprint density at radius 2 is 1.87 bits per heavy atom. The molecule has 6 heteroatoms. The van der Waals surface area contributed by atoms with Gasteiger partial charge in [-0.2, -0.15) is 0 Å². The van der Waals surface area contributed by atoms with Crippen LogP contribution in [0.1, 0.15) is 24.0 Å². The minimum absolute atomic E-state index is 0.00151. The van der Waals surface area contributed by atoms with Gasteiger partial charge in [0.1, 0.15) is 5.75 Å². The van der Waals surface area contributed by atoms with Crippen LogP contribution in [0.3, 0.4) is 0 Å². The summed E-state index contributed by atoms with van der Waals surface area (Å²) in [5.74, 6) is 0.558. The molecule has 1 aromatic heterocycles. The highest BCUT2D eigenvalue weighted by Gasteiger charge is 2.18. The summed E-state index contributed by atoms with van der Waals surface area (Å²) in [6.45, 7) is 3.24. The van der Waals surface area contributed by atoms with E-state index in [0.717, 1.165) is 24.1 Å². The van der Waals surface area contributed by atoms with Crippen molar-refractivity contribution in [2.45, 2.75) is 19.8 Å². The van der Waals surface area contributed by atoms with Crippen LogP contribution in [0.25, 0.3) is 22.4 Å². The summed E-state index contributed by atoms with van der Waals surface area (Å²) < 4.78 is 33.3. The lowest BCUT2D eigenvalue weighted by molar-refractivity contribution is 0.152. The van der Waals surface area contributed by atoms with Gasteiger partial charge in [-0.3, -0.25) is 4.98 Å². The van der Waals surface area contributed by atoms with E-state index in [1.165, 1.54) is 6.07 Å². The van der Waals surface area contributed by atoms with Crippen molar-refractivity contribution in [2.24, 2.45) is 0 Å². The van der Waals surface area contributed by atoms with Crippen LogP contribution in [0.4, 0.5) is 8.78 Å². The number of hydrogen-bond acceptors (Lipinski definition) is 3. The Morgan fingerprint density at radius 3 is 2.60 bits per heavy atom. The average Bonchev–Trinajstić information content (AvgIpc) is 2.72. The third-order valence-electron chi connectivity index (χ3n) is 4.75. The van der Waals surface area contributed by atoms with E-state index in [2.05, 4.69) is 9.88 Å². The van der Waals surface area contributed by atoms with Gasteiger partial charge in [0.15, 0.2) is 0 Å². The first-order valence-corrected chi connectivity index (χ1v) is 10.2. The summed E-state index contributed by atoms with van der Waals surface area (Å²) >= 11 is 6.31. The number of halogens is 3. The molecule has 0 N–H and O–H groups in total. The van der Waals surface area contributed by atoms with Crippen LogP contribution in [0.15, 0.2) is 54.7 Å². The monoisotopic (exact) mass is 430 g/mol. The summed E-state index contributed by atoms with van der Waals surface area (Å²) in [5.41, 5.74) is 3.28. The lowest BCUT2D eigenvalue weighted by atomic mass is 9.94. The average molecular weight is 431 g/mol. The van der Waals surface area contributed by atoms with Crippen molar-refractivity contribution in [1.29, 1.82) is 0 Å². The molecule has 1 heterocycles. The largest absolute Gasteiger partial charge is 0.492 e. The van der Waals surface area contributed by atoms with Crippen molar-refractivity contribution in [1.82, 2.24) is 9.88 Å². The summed E-state index contributed by atoms with van der Waals surface area (Å²) in [6.07, 6.45) is -0.0566. The smallest absolute Gasteiger partial charge is 0.264 e. The van der Waals surface area contributed by atoms with E-state index in [-0.39, 0.29) is 5.56 Å². The molecule has 3 rings (SSSR count). The van der Waals surface area contributed by atoms with Gasteiger partial charge in [0.05, 0.1) is 17.3 Å². The molecule has 0 aliphatic heterocycles. The van der Waals surface area contributed by atoms with Gasteiger partial charge < -0.3 is 9.64 Å². The van der Waals surface area contributed by atoms with Crippen molar-refractivity contribution in [3.05, 3.63) is 70.9 Å². The quantitative estimate of drug-likeness (QED) is 0.374. The molecule has 0 saturated carbocycles. The number of alkyl halides is 2. The zero-order valence-corrected chi connectivity index (χ0v) is 18.1. The van der Waals surface area contributed by atoms with E-state index in [4.69, 9.17) is 16.3 Å². The van der Waals surface area contributed by atoms with Gasteiger partial charge in [-0.15, -0.1) is 0 Å². The van der Waals surface area contributed by atoms with Crippen molar-refractivity contribution in [2.75, 3.05) is 27.2 Å². The minimum atomic E-state index is -2.58. The molecule has 2 aromatic carbocycles. The van der Waals surface area contributed by atoms with Crippen LogP contribution in [0.5, 0.6) is 5.75 Å².